The van der Waals surface area contributed by atoms with E-state index in [1.54, 1.807) is 42.5 Å². The van der Waals surface area contributed by atoms with E-state index < -0.39 is 28.4 Å². The number of nitrogens with two attached hydrogens (primary N) is 1. The number of hydrogen-bond acceptors (Lipinski definition) is 5. The van der Waals surface area contributed by atoms with E-state index in [0.717, 1.165) is 12.1 Å². The molecule has 0 fully saturated rings. The van der Waals surface area contributed by atoms with E-state index in [4.69, 9.17) is 15.6 Å². The Morgan fingerprint density at radius 3 is 2.47 bits per heavy atom. The molecule has 7 nitrogen and oxygen atoms in total. The highest BCUT2D eigenvalue weighted by molar-refractivity contribution is 7.89. The van der Waals surface area contributed by atoms with Crippen LogP contribution in [0.5, 0.6) is 5.75 Å². The first kappa shape index (κ1) is 21.3. The van der Waals surface area contributed by atoms with Gasteiger partial charge < -0.3 is 15.6 Å². The summed E-state index contributed by atoms with van der Waals surface area (Å²) in [7, 11) is -3.84. The van der Waals surface area contributed by atoms with Crippen molar-refractivity contribution in [2.45, 2.75) is 11.4 Å². The summed E-state index contributed by atoms with van der Waals surface area (Å²) in [6.07, 6.45) is 0. The van der Waals surface area contributed by atoms with Crippen molar-refractivity contribution in [1.82, 2.24) is 4.72 Å². The molecule has 4 N–H and O–H groups in total. The molecule has 0 atom stereocenters. The molecule has 0 saturated heterocycles. The van der Waals surface area contributed by atoms with Crippen molar-refractivity contribution in [3.05, 3.63) is 78.1 Å². The highest BCUT2D eigenvalue weighted by atomic mass is 32.2. The van der Waals surface area contributed by atoms with Gasteiger partial charge >= 0.3 is 5.97 Å². The second kappa shape index (κ2) is 8.93. The van der Waals surface area contributed by atoms with Crippen LogP contribution in [-0.2, 0) is 21.4 Å². The van der Waals surface area contributed by atoms with Gasteiger partial charge in [0.05, 0.1) is 4.90 Å². The number of nitrogen functional groups attached to an aromatic ring is 1. The van der Waals surface area contributed by atoms with Crippen LogP contribution in [0.25, 0.3) is 11.1 Å². The second-order valence-electron chi connectivity index (χ2n) is 6.42. The molecule has 0 aliphatic heterocycles. The third-order valence-corrected chi connectivity index (χ3v) is 5.60. The molecular weight excluding hydrogens is 411 g/mol. The molecule has 3 aromatic rings. The highest BCUT2D eigenvalue weighted by Gasteiger charge is 2.15. The first-order valence-electron chi connectivity index (χ1n) is 8.83. The Bertz CT molecular complexity index is 1160. The van der Waals surface area contributed by atoms with Gasteiger partial charge in [0.15, 0.2) is 6.61 Å². The summed E-state index contributed by atoms with van der Waals surface area (Å²) in [6, 6.07) is 16.3. The molecule has 0 bridgehead atoms. The molecule has 0 radical (unpaired) electrons. The number of carboxylic acid groups (broad SMARTS) is 1. The highest BCUT2D eigenvalue weighted by Crippen LogP contribution is 2.32. The number of nitrogens with one attached hydrogen (secondary N) is 1. The fraction of sp³-hybridized carbons (Fsp3) is 0.0952. The zero-order valence-corrected chi connectivity index (χ0v) is 16.5. The number of sulfonamides is 1. The van der Waals surface area contributed by atoms with Crippen molar-refractivity contribution < 1.29 is 27.4 Å². The van der Waals surface area contributed by atoms with Gasteiger partial charge in [-0.15, -0.1) is 0 Å². The van der Waals surface area contributed by atoms with Crippen LogP contribution in [0, 0.1) is 5.82 Å². The average molecular weight is 430 g/mol. The van der Waals surface area contributed by atoms with Crippen LogP contribution in [0.15, 0.2) is 71.6 Å². The van der Waals surface area contributed by atoms with Gasteiger partial charge in [-0.2, -0.15) is 0 Å². The minimum absolute atomic E-state index is 0.0335. The summed E-state index contributed by atoms with van der Waals surface area (Å²) in [6.45, 7) is -0.555. The van der Waals surface area contributed by atoms with Crippen LogP contribution in [0.2, 0.25) is 0 Å². The maximum Gasteiger partial charge on any atom is 0.341 e. The zero-order chi connectivity index (χ0) is 21.7. The van der Waals surface area contributed by atoms with Crippen LogP contribution in [0.3, 0.4) is 0 Å². The van der Waals surface area contributed by atoms with E-state index in [1.165, 1.54) is 12.1 Å². The number of carboxylic acids is 1. The number of halogens is 1. The lowest BCUT2D eigenvalue weighted by molar-refractivity contribution is -0.139. The van der Waals surface area contributed by atoms with Gasteiger partial charge in [0.25, 0.3) is 0 Å². The van der Waals surface area contributed by atoms with Gasteiger partial charge in [-0.25, -0.2) is 22.3 Å². The quantitative estimate of drug-likeness (QED) is 0.473. The van der Waals surface area contributed by atoms with Crippen molar-refractivity contribution in [3.8, 4) is 16.9 Å². The SMILES string of the molecule is Nc1cccc(-c2cc(CNS(=O)(=O)c3ccc(F)cc3)ccc2OCC(=O)O)c1. The van der Waals surface area contributed by atoms with Crippen LogP contribution >= 0.6 is 0 Å². The van der Waals surface area contributed by atoms with Crippen molar-refractivity contribution in [2.75, 3.05) is 12.3 Å². The topological polar surface area (TPSA) is 119 Å². The van der Waals surface area contributed by atoms with Gasteiger partial charge in [-0.05, 0) is 59.7 Å². The molecule has 0 amide bonds. The maximum absolute atomic E-state index is 13.0. The van der Waals surface area contributed by atoms with Gasteiger partial charge in [0.1, 0.15) is 11.6 Å². The number of carbonyl (C=O) groups is 1. The molecule has 0 spiro atoms. The molecule has 0 heterocycles. The lowest BCUT2D eigenvalue weighted by atomic mass is 10.0. The molecule has 0 unspecified atom stereocenters. The monoisotopic (exact) mass is 430 g/mol. The standard InChI is InChI=1S/C21H19FN2O5S/c22-16-5-7-18(8-6-16)30(27,28)24-12-14-4-9-20(29-13-21(25)26)19(10-14)15-2-1-3-17(23)11-15/h1-11,24H,12-13,23H2,(H,25,26). The Balaban J connectivity index is 1.87. The minimum atomic E-state index is -3.84. The van der Waals surface area contributed by atoms with Gasteiger partial charge in [0, 0.05) is 17.8 Å². The summed E-state index contributed by atoms with van der Waals surface area (Å²) in [4.78, 5) is 10.8. The predicted molar refractivity (Wildman–Crippen MR) is 110 cm³/mol. The average Bonchev–Trinajstić information content (AvgIpc) is 2.71. The molecule has 30 heavy (non-hydrogen) atoms. The van der Waals surface area contributed by atoms with Crippen molar-refractivity contribution in [2.24, 2.45) is 0 Å². The summed E-state index contributed by atoms with van der Waals surface area (Å²) in [5.41, 5.74) is 8.23. The lowest BCUT2D eigenvalue weighted by Gasteiger charge is -2.14. The zero-order valence-electron chi connectivity index (χ0n) is 15.7. The first-order chi connectivity index (χ1) is 14.2. The number of aliphatic carboxylic acids is 1. The second-order valence-corrected chi connectivity index (χ2v) is 8.18. The Kier molecular flexibility index (Phi) is 6.34. The van der Waals surface area contributed by atoms with Crippen molar-refractivity contribution in [3.63, 3.8) is 0 Å². The molecule has 3 aromatic carbocycles. The summed E-state index contributed by atoms with van der Waals surface area (Å²) in [5.74, 6) is -1.32. The third kappa shape index (κ3) is 5.34. The van der Waals surface area contributed by atoms with Crippen LogP contribution < -0.4 is 15.2 Å². The Hall–Kier alpha value is -3.43. The van der Waals surface area contributed by atoms with E-state index in [1.807, 2.05) is 0 Å². The number of hydrogen-bond donors (Lipinski definition) is 3. The van der Waals surface area contributed by atoms with E-state index in [-0.39, 0.29) is 11.4 Å². The molecule has 156 valence electrons. The summed E-state index contributed by atoms with van der Waals surface area (Å²) < 4.78 is 45.7. The largest absolute Gasteiger partial charge is 0.481 e. The van der Waals surface area contributed by atoms with E-state index >= 15 is 0 Å². The number of benzene rings is 3. The maximum atomic E-state index is 13.0. The number of ether oxygens (including phenoxy) is 1. The molecule has 0 aliphatic rings. The van der Waals surface area contributed by atoms with Crippen molar-refractivity contribution in [1.29, 1.82) is 0 Å². The normalized spacial score (nSPS) is 11.2. The molecule has 0 saturated carbocycles. The molecule has 0 aromatic heterocycles. The van der Waals surface area contributed by atoms with Crippen LogP contribution in [0.1, 0.15) is 5.56 Å². The Morgan fingerprint density at radius 1 is 1.07 bits per heavy atom. The third-order valence-electron chi connectivity index (χ3n) is 4.18. The van der Waals surface area contributed by atoms with E-state index in [9.17, 15) is 17.6 Å². The fourth-order valence-corrected chi connectivity index (χ4v) is 3.78. The first-order valence-corrected chi connectivity index (χ1v) is 10.3. The van der Waals surface area contributed by atoms with Gasteiger partial charge in [-0.1, -0.05) is 18.2 Å². The summed E-state index contributed by atoms with van der Waals surface area (Å²) >= 11 is 0. The van der Waals surface area contributed by atoms with Gasteiger partial charge in [0.2, 0.25) is 10.0 Å². The fourth-order valence-electron chi connectivity index (χ4n) is 2.76. The van der Waals surface area contributed by atoms with Gasteiger partial charge in [-0.3, -0.25) is 0 Å². The predicted octanol–water partition coefficient (Wildman–Crippen LogP) is 3.02. The molecule has 3 rings (SSSR count). The van der Waals surface area contributed by atoms with Crippen molar-refractivity contribution >= 4 is 21.7 Å². The molecule has 9 heteroatoms. The summed E-state index contributed by atoms with van der Waals surface area (Å²) in [5, 5.41) is 8.89. The molecule has 0 aliphatic carbocycles. The van der Waals surface area contributed by atoms with Crippen LogP contribution in [-0.4, -0.2) is 26.1 Å². The Labute approximate surface area is 173 Å². The van der Waals surface area contributed by atoms with E-state index in [2.05, 4.69) is 4.72 Å². The smallest absolute Gasteiger partial charge is 0.341 e. The number of anilines is 1. The lowest BCUT2D eigenvalue weighted by Crippen LogP contribution is -2.23. The van der Waals surface area contributed by atoms with Crippen LogP contribution in [0.4, 0.5) is 10.1 Å². The van der Waals surface area contributed by atoms with E-state index in [0.29, 0.717) is 28.1 Å². The number of rotatable bonds is 8. The minimum Gasteiger partial charge on any atom is -0.481 e. The molecular formula is C21H19FN2O5S. The Morgan fingerprint density at radius 2 is 1.80 bits per heavy atom.